The molecule has 1 aliphatic heterocycles. The SMILES string of the molecule is CC(=O)NC(Cc1cc(C2CCCN2C(=O)Cc2ccc(OCc3ccccc3)cc2)no1)(C(=O)O)C(=O)O. The summed E-state index contributed by atoms with van der Waals surface area (Å²) in [6.45, 7) is 1.99. The Bertz CT molecular complexity index is 1320. The Morgan fingerprint density at radius 3 is 2.38 bits per heavy atom. The molecule has 2 heterocycles. The van der Waals surface area contributed by atoms with Crippen LogP contribution in [0.2, 0.25) is 0 Å². The molecule has 0 saturated carbocycles. The number of carbonyl (C=O) groups is 4. The van der Waals surface area contributed by atoms with E-state index >= 15 is 0 Å². The number of carboxylic acids is 2. The number of amides is 2. The summed E-state index contributed by atoms with van der Waals surface area (Å²) in [5.41, 5.74) is -0.334. The number of aliphatic carboxylic acids is 2. The van der Waals surface area contributed by atoms with Crippen LogP contribution in [0, 0.1) is 0 Å². The molecular weight excluding hydrogens is 506 g/mol. The highest BCUT2D eigenvalue weighted by atomic mass is 16.5. The van der Waals surface area contributed by atoms with Crippen molar-refractivity contribution < 1.29 is 38.7 Å². The molecule has 1 unspecified atom stereocenters. The second-order valence-corrected chi connectivity index (χ2v) is 9.43. The van der Waals surface area contributed by atoms with E-state index in [1.807, 2.05) is 59.9 Å². The summed E-state index contributed by atoms with van der Waals surface area (Å²) in [6.07, 6.45) is 0.886. The topological polar surface area (TPSA) is 159 Å². The van der Waals surface area contributed by atoms with Gasteiger partial charge >= 0.3 is 11.9 Å². The average molecular weight is 536 g/mol. The predicted octanol–water partition coefficient (Wildman–Crippen LogP) is 2.75. The average Bonchev–Trinajstić information content (AvgIpc) is 3.57. The van der Waals surface area contributed by atoms with Gasteiger partial charge in [-0.15, -0.1) is 0 Å². The third-order valence-electron chi connectivity index (χ3n) is 6.58. The van der Waals surface area contributed by atoms with Crippen molar-refractivity contribution in [2.75, 3.05) is 6.54 Å². The van der Waals surface area contributed by atoms with Crippen LogP contribution < -0.4 is 10.1 Å². The van der Waals surface area contributed by atoms with Crippen molar-refractivity contribution in [3.05, 3.63) is 83.2 Å². The van der Waals surface area contributed by atoms with Crippen LogP contribution in [0.25, 0.3) is 0 Å². The summed E-state index contributed by atoms with van der Waals surface area (Å²) in [6, 6.07) is 18.2. The lowest BCUT2D eigenvalue weighted by molar-refractivity contribution is -0.161. The molecule has 2 aromatic carbocycles. The molecule has 3 N–H and O–H groups in total. The summed E-state index contributed by atoms with van der Waals surface area (Å²) < 4.78 is 11.1. The summed E-state index contributed by atoms with van der Waals surface area (Å²) in [5, 5.41) is 25.1. The van der Waals surface area contributed by atoms with Crippen LogP contribution in [-0.2, 0) is 38.6 Å². The van der Waals surface area contributed by atoms with Crippen LogP contribution in [0.15, 0.2) is 65.2 Å². The number of benzene rings is 2. The molecule has 1 fully saturated rings. The molecule has 11 heteroatoms. The van der Waals surface area contributed by atoms with Gasteiger partial charge in [0.1, 0.15) is 23.8 Å². The molecule has 2 amide bonds. The van der Waals surface area contributed by atoms with E-state index in [1.165, 1.54) is 6.07 Å². The van der Waals surface area contributed by atoms with Crippen LogP contribution in [0.3, 0.4) is 0 Å². The standard InChI is InChI=1S/C28H29N3O8/c1-18(32)29-28(26(34)35,27(36)37)16-22-15-23(30-39-22)24-8-5-13-31(24)25(33)14-19-9-11-21(12-10-19)38-17-20-6-3-2-4-7-20/h2-4,6-7,9-12,15,24H,5,8,13-14,16-17H2,1H3,(H,29,32)(H,34,35)(H,36,37). The number of carboxylic acid groups (broad SMARTS) is 2. The smallest absolute Gasteiger partial charge is 0.341 e. The lowest BCUT2D eigenvalue weighted by atomic mass is 9.93. The number of hydrogen-bond acceptors (Lipinski definition) is 7. The summed E-state index contributed by atoms with van der Waals surface area (Å²) in [7, 11) is 0. The first-order chi connectivity index (χ1) is 18.7. The lowest BCUT2D eigenvalue weighted by Crippen LogP contribution is -2.61. The highest BCUT2D eigenvalue weighted by Gasteiger charge is 2.49. The zero-order chi connectivity index (χ0) is 28.0. The molecule has 0 spiro atoms. The summed E-state index contributed by atoms with van der Waals surface area (Å²) in [4.78, 5) is 49.9. The van der Waals surface area contributed by atoms with Crippen LogP contribution in [-0.4, -0.2) is 56.1 Å². The van der Waals surface area contributed by atoms with E-state index in [0.29, 0.717) is 31.0 Å². The van der Waals surface area contributed by atoms with Crippen molar-refractivity contribution in [2.45, 2.75) is 50.8 Å². The second-order valence-electron chi connectivity index (χ2n) is 9.43. The fourth-order valence-electron chi connectivity index (χ4n) is 4.62. The Morgan fingerprint density at radius 1 is 1.05 bits per heavy atom. The fraction of sp³-hybridized carbons (Fsp3) is 0.321. The van der Waals surface area contributed by atoms with Crippen molar-refractivity contribution in [1.82, 2.24) is 15.4 Å². The van der Waals surface area contributed by atoms with Crippen molar-refractivity contribution in [2.24, 2.45) is 0 Å². The molecule has 1 atom stereocenters. The highest BCUT2D eigenvalue weighted by Crippen LogP contribution is 2.33. The number of hydrogen-bond donors (Lipinski definition) is 3. The van der Waals surface area contributed by atoms with E-state index < -0.39 is 35.8 Å². The molecule has 1 saturated heterocycles. The number of nitrogens with zero attached hydrogens (tertiary/aromatic N) is 2. The quantitative estimate of drug-likeness (QED) is 0.314. The van der Waals surface area contributed by atoms with E-state index in [1.54, 1.807) is 4.90 Å². The maximum absolute atomic E-state index is 13.2. The van der Waals surface area contributed by atoms with Gasteiger partial charge in [0.05, 0.1) is 18.9 Å². The minimum atomic E-state index is -2.61. The van der Waals surface area contributed by atoms with Crippen molar-refractivity contribution in [1.29, 1.82) is 0 Å². The van der Waals surface area contributed by atoms with E-state index in [-0.39, 0.29) is 18.1 Å². The van der Waals surface area contributed by atoms with Gasteiger partial charge in [-0.2, -0.15) is 0 Å². The molecule has 3 aromatic rings. The van der Waals surface area contributed by atoms with Crippen LogP contribution in [0.1, 0.15) is 48.4 Å². The van der Waals surface area contributed by atoms with E-state index in [2.05, 4.69) is 5.16 Å². The van der Waals surface area contributed by atoms with Crippen molar-refractivity contribution in [3.8, 4) is 5.75 Å². The molecule has 4 rings (SSSR count). The van der Waals surface area contributed by atoms with Gasteiger partial charge < -0.3 is 29.7 Å². The number of rotatable bonds is 11. The third kappa shape index (κ3) is 6.43. The van der Waals surface area contributed by atoms with Gasteiger partial charge in [-0.3, -0.25) is 9.59 Å². The zero-order valence-corrected chi connectivity index (χ0v) is 21.3. The third-order valence-corrected chi connectivity index (χ3v) is 6.58. The Kier molecular flexibility index (Phi) is 8.28. The highest BCUT2D eigenvalue weighted by molar-refractivity contribution is 6.06. The zero-order valence-electron chi connectivity index (χ0n) is 21.3. The van der Waals surface area contributed by atoms with Gasteiger partial charge in [0.2, 0.25) is 17.4 Å². The molecular formula is C28H29N3O8. The van der Waals surface area contributed by atoms with Gasteiger partial charge in [-0.25, -0.2) is 9.59 Å². The number of nitrogens with one attached hydrogen (secondary N) is 1. The number of likely N-dealkylation sites (tertiary alicyclic amines) is 1. The minimum absolute atomic E-state index is 0.0334. The van der Waals surface area contributed by atoms with E-state index in [9.17, 15) is 29.4 Å². The minimum Gasteiger partial charge on any atom is -0.489 e. The summed E-state index contributed by atoms with van der Waals surface area (Å²) in [5.74, 6) is -3.74. The molecule has 204 valence electrons. The maximum atomic E-state index is 13.2. The normalized spacial score (nSPS) is 15.1. The summed E-state index contributed by atoms with van der Waals surface area (Å²) >= 11 is 0. The van der Waals surface area contributed by atoms with Crippen LogP contribution in [0.5, 0.6) is 5.75 Å². The first-order valence-electron chi connectivity index (χ1n) is 12.4. The number of ether oxygens (including phenoxy) is 1. The Balaban J connectivity index is 1.40. The Hall–Kier alpha value is -4.67. The molecule has 0 bridgehead atoms. The van der Waals surface area contributed by atoms with Gasteiger partial charge in [-0.1, -0.05) is 47.6 Å². The Labute approximate surface area is 224 Å². The molecule has 39 heavy (non-hydrogen) atoms. The molecule has 1 aliphatic rings. The second kappa shape index (κ2) is 11.8. The lowest BCUT2D eigenvalue weighted by Gasteiger charge is -2.24. The van der Waals surface area contributed by atoms with E-state index in [0.717, 1.165) is 24.5 Å². The molecule has 0 aliphatic carbocycles. The molecule has 1 aromatic heterocycles. The first kappa shape index (κ1) is 27.4. The van der Waals surface area contributed by atoms with Crippen LogP contribution in [0.4, 0.5) is 0 Å². The maximum Gasteiger partial charge on any atom is 0.341 e. The van der Waals surface area contributed by atoms with E-state index in [4.69, 9.17) is 9.26 Å². The number of aromatic nitrogens is 1. The fourth-order valence-corrected chi connectivity index (χ4v) is 4.62. The van der Waals surface area contributed by atoms with Gasteiger partial charge in [0.25, 0.3) is 0 Å². The predicted molar refractivity (Wildman–Crippen MR) is 137 cm³/mol. The molecule has 0 radical (unpaired) electrons. The Morgan fingerprint density at radius 2 is 1.74 bits per heavy atom. The number of carbonyl (C=O) groups excluding carboxylic acids is 2. The monoisotopic (exact) mass is 535 g/mol. The van der Waals surface area contributed by atoms with Crippen molar-refractivity contribution in [3.63, 3.8) is 0 Å². The first-order valence-corrected chi connectivity index (χ1v) is 12.4. The largest absolute Gasteiger partial charge is 0.489 e. The van der Waals surface area contributed by atoms with Crippen LogP contribution >= 0.6 is 0 Å². The van der Waals surface area contributed by atoms with Gasteiger partial charge in [-0.05, 0) is 36.1 Å². The van der Waals surface area contributed by atoms with Gasteiger partial charge in [0.15, 0.2) is 0 Å². The molecule has 11 nitrogen and oxygen atoms in total. The van der Waals surface area contributed by atoms with Gasteiger partial charge in [0, 0.05) is 19.5 Å². The van der Waals surface area contributed by atoms with Crippen molar-refractivity contribution >= 4 is 23.8 Å².